The average Bonchev–Trinajstić information content (AvgIpc) is 2.38. The first-order valence-corrected chi connectivity index (χ1v) is 7.00. The number of hydrogen-bond acceptors (Lipinski definition) is 3. The molecule has 0 saturated carbocycles. The van der Waals surface area contributed by atoms with Crippen LogP contribution in [0.4, 0.5) is 0 Å². The predicted molar refractivity (Wildman–Crippen MR) is 80.3 cm³/mol. The first kappa shape index (κ1) is 18.3. The second-order valence-corrected chi connectivity index (χ2v) is 4.92. The number of nitrogens with zero attached hydrogens (tertiary/aromatic N) is 1. The van der Waals surface area contributed by atoms with E-state index in [-0.39, 0.29) is 11.7 Å². The van der Waals surface area contributed by atoms with E-state index in [2.05, 4.69) is 0 Å². The van der Waals surface area contributed by atoms with Crippen molar-refractivity contribution in [2.75, 3.05) is 6.54 Å². The Morgan fingerprint density at radius 1 is 1.15 bits per heavy atom. The largest absolute Gasteiger partial charge is 0.295 e. The van der Waals surface area contributed by atoms with Gasteiger partial charge in [0.05, 0.1) is 6.54 Å². The van der Waals surface area contributed by atoms with Crippen molar-refractivity contribution in [3.8, 4) is 0 Å². The van der Waals surface area contributed by atoms with E-state index in [0.717, 1.165) is 6.42 Å². The zero-order valence-electron chi connectivity index (χ0n) is 12.6. The lowest BCUT2D eigenvalue weighted by atomic mass is 10.2. The Morgan fingerprint density at radius 2 is 1.85 bits per heavy atom. The van der Waals surface area contributed by atoms with E-state index < -0.39 is 5.91 Å². The molecule has 0 fully saturated rings. The van der Waals surface area contributed by atoms with Crippen molar-refractivity contribution < 1.29 is 14.8 Å². The van der Waals surface area contributed by atoms with Gasteiger partial charge in [0.1, 0.15) is 0 Å². The summed E-state index contributed by atoms with van der Waals surface area (Å²) in [5.74, 6) is -0.223. The summed E-state index contributed by atoms with van der Waals surface area (Å²) in [7, 11) is 0. The van der Waals surface area contributed by atoms with E-state index in [0.29, 0.717) is 24.4 Å². The molecule has 0 spiro atoms. The van der Waals surface area contributed by atoms with Crippen LogP contribution in [0.2, 0.25) is 0 Å². The average molecular weight is 279 g/mol. The van der Waals surface area contributed by atoms with Crippen LogP contribution in [0.15, 0.2) is 36.5 Å². The standard InChI is InChI=1S/C16H25NO3/c1-4-5-6-7-10-15(18)11-8-9-12-16(19)17(20)13-14(2)3/h5-7,9-10,12,14,20H,4,8,11,13H2,1-3H3. The van der Waals surface area contributed by atoms with Gasteiger partial charge in [-0.25, -0.2) is 5.06 Å². The van der Waals surface area contributed by atoms with E-state index >= 15 is 0 Å². The molecule has 1 amide bonds. The molecule has 0 rings (SSSR count). The topological polar surface area (TPSA) is 57.6 Å². The first-order valence-electron chi connectivity index (χ1n) is 7.00. The van der Waals surface area contributed by atoms with Crippen molar-refractivity contribution >= 4 is 11.7 Å². The van der Waals surface area contributed by atoms with Crippen molar-refractivity contribution in [3.63, 3.8) is 0 Å². The smallest absolute Gasteiger partial charge is 0.269 e. The van der Waals surface area contributed by atoms with E-state index in [1.165, 1.54) is 12.2 Å². The molecule has 4 nitrogen and oxygen atoms in total. The van der Waals surface area contributed by atoms with E-state index in [4.69, 9.17) is 0 Å². The normalized spacial score (nSPS) is 12.1. The third-order valence-electron chi connectivity index (χ3n) is 2.38. The van der Waals surface area contributed by atoms with Gasteiger partial charge in [-0.2, -0.15) is 0 Å². The fourth-order valence-electron chi connectivity index (χ4n) is 1.39. The van der Waals surface area contributed by atoms with Gasteiger partial charge in [-0.3, -0.25) is 14.8 Å². The maximum atomic E-state index is 11.4. The highest BCUT2D eigenvalue weighted by Crippen LogP contribution is 1.99. The van der Waals surface area contributed by atoms with Crippen molar-refractivity contribution in [2.24, 2.45) is 5.92 Å². The number of allylic oxidation sites excluding steroid dienone is 5. The van der Waals surface area contributed by atoms with Gasteiger partial charge in [0.15, 0.2) is 5.78 Å². The molecule has 0 saturated heterocycles. The number of hydrogen-bond donors (Lipinski definition) is 1. The molecule has 0 radical (unpaired) electrons. The lowest BCUT2D eigenvalue weighted by Crippen LogP contribution is -2.29. The maximum Gasteiger partial charge on any atom is 0.269 e. The van der Waals surface area contributed by atoms with E-state index in [1.54, 1.807) is 12.2 Å². The minimum atomic E-state index is -0.451. The summed E-state index contributed by atoms with van der Waals surface area (Å²) in [5, 5.41) is 10.1. The SMILES string of the molecule is CCC=CC=CC(=O)CCC=CC(=O)N(O)CC(C)C. The van der Waals surface area contributed by atoms with Crippen LogP contribution in [0.1, 0.15) is 40.0 Å². The Balaban J connectivity index is 3.96. The molecule has 0 aromatic rings. The first-order chi connectivity index (χ1) is 9.47. The zero-order chi connectivity index (χ0) is 15.4. The highest BCUT2D eigenvalue weighted by molar-refractivity contribution is 5.90. The number of carbonyl (C=O) groups is 2. The van der Waals surface area contributed by atoms with Gasteiger partial charge >= 0.3 is 0 Å². The summed E-state index contributed by atoms with van der Waals surface area (Å²) in [6, 6.07) is 0. The third kappa shape index (κ3) is 10.3. The summed E-state index contributed by atoms with van der Waals surface area (Å²) >= 11 is 0. The number of rotatable bonds is 9. The van der Waals surface area contributed by atoms with Crippen molar-refractivity contribution in [3.05, 3.63) is 36.5 Å². The molecule has 0 aliphatic rings. The minimum absolute atomic E-state index is 0.0193. The molecule has 20 heavy (non-hydrogen) atoms. The zero-order valence-corrected chi connectivity index (χ0v) is 12.6. The molecule has 0 aliphatic carbocycles. The molecule has 0 aliphatic heterocycles. The molecule has 0 unspecified atom stereocenters. The quantitative estimate of drug-likeness (QED) is 0.305. The van der Waals surface area contributed by atoms with Crippen molar-refractivity contribution in [1.82, 2.24) is 5.06 Å². The Kier molecular flexibility index (Phi) is 10.2. The number of amides is 1. The van der Waals surface area contributed by atoms with Crippen LogP contribution in [-0.4, -0.2) is 28.5 Å². The molecule has 1 N–H and O–H groups in total. The summed E-state index contributed by atoms with van der Waals surface area (Å²) in [6.45, 7) is 6.16. The molecule has 112 valence electrons. The monoisotopic (exact) mass is 279 g/mol. The van der Waals surface area contributed by atoms with Crippen LogP contribution in [0.3, 0.4) is 0 Å². The second-order valence-electron chi connectivity index (χ2n) is 4.92. The van der Waals surface area contributed by atoms with Gasteiger partial charge < -0.3 is 0 Å². The van der Waals surface area contributed by atoms with E-state index in [1.807, 2.05) is 32.9 Å². The van der Waals surface area contributed by atoms with Gasteiger partial charge in [-0.1, -0.05) is 45.1 Å². The molecule has 4 heteroatoms. The Labute approximate surface area is 121 Å². The van der Waals surface area contributed by atoms with Crippen LogP contribution < -0.4 is 0 Å². The summed E-state index contributed by atoms with van der Waals surface area (Å²) in [5.41, 5.74) is 0. The molecule has 0 aromatic heterocycles. The molecule has 0 aromatic carbocycles. The van der Waals surface area contributed by atoms with Crippen LogP contribution >= 0.6 is 0 Å². The molecule has 0 heterocycles. The Morgan fingerprint density at radius 3 is 2.45 bits per heavy atom. The summed E-state index contributed by atoms with van der Waals surface area (Å²) in [6.07, 6.45) is 11.8. The van der Waals surface area contributed by atoms with Gasteiger partial charge in [0.2, 0.25) is 0 Å². The Hall–Kier alpha value is -1.68. The Bertz CT molecular complexity index is 381. The predicted octanol–water partition coefficient (Wildman–Crippen LogP) is 3.29. The fourth-order valence-corrected chi connectivity index (χ4v) is 1.39. The number of ketones is 1. The molecular weight excluding hydrogens is 254 g/mol. The maximum absolute atomic E-state index is 11.4. The second kappa shape index (κ2) is 11.2. The summed E-state index contributed by atoms with van der Waals surface area (Å²) in [4.78, 5) is 22.9. The fraction of sp³-hybridized carbons (Fsp3) is 0.500. The van der Waals surface area contributed by atoms with Crippen LogP contribution in [0.25, 0.3) is 0 Å². The minimum Gasteiger partial charge on any atom is -0.295 e. The van der Waals surface area contributed by atoms with Crippen LogP contribution in [0.5, 0.6) is 0 Å². The van der Waals surface area contributed by atoms with Crippen molar-refractivity contribution in [2.45, 2.75) is 40.0 Å². The van der Waals surface area contributed by atoms with Crippen LogP contribution in [0, 0.1) is 5.92 Å². The molecule has 0 atom stereocenters. The molecule has 0 bridgehead atoms. The lowest BCUT2D eigenvalue weighted by Gasteiger charge is -2.14. The van der Waals surface area contributed by atoms with E-state index in [9.17, 15) is 14.8 Å². The highest BCUT2D eigenvalue weighted by Gasteiger charge is 2.08. The van der Waals surface area contributed by atoms with Gasteiger partial charge in [0, 0.05) is 12.5 Å². The van der Waals surface area contributed by atoms with Crippen molar-refractivity contribution in [1.29, 1.82) is 0 Å². The van der Waals surface area contributed by atoms with Crippen LogP contribution in [-0.2, 0) is 9.59 Å². The van der Waals surface area contributed by atoms with Gasteiger partial charge in [-0.15, -0.1) is 0 Å². The summed E-state index contributed by atoms with van der Waals surface area (Å²) < 4.78 is 0. The third-order valence-corrected chi connectivity index (χ3v) is 2.38. The van der Waals surface area contributed by atoms with Gasteiger partial charge in [-0.05, 0) is 24.8 Å². The van der Waals surface area contributed by atoms with Gasteiger partial charge in [0.25, 0.3) is 5.91 Å². The lowest BCUT2D eigenvalue weighted by molar-refractivity contribution is -0.161. The highest BCUT2D eigenvalue weighted by atomic mass is 16.5. The number of hydroxylamine groups is 2. The molecular formula is C16H25NO3. The number of carbonyl (C=O) groups excluding carboxylic acids is 2.